The number of likely N-dealkylation sites (tertiary alicyclic amines) is 1. The van der Waals surface area contributed by atoms with Gasteiger partial charge in [0, 0.05) is 12.6 Å². The van der Waals surface area contributed by atoms with Crippen LogP contribution < -0.4 is 21.3 Å². The molecule has 0 aromatic carbocycles. The molecule has 1 unspecified atom stereocenters. The van der Waals surface area contributed by atoms with Crippen LogP contribution in [0.1, 0.15) is 133 Å². The van der Waals surface area contributed by atoms with Gasteiger partial charge in [-0.2, -0.15) is 0 Å². The molecule has 1 heterocycles. The molecule has 2 saturated carbocycles. The molecule has 3 fully saturated rings. The highest BCUT2D eigenvalue weighted by Gasteiger charge is 2.50. The van der Waals surface area contributed by atoms with E-state index in [1.165, 1.54) is 4.90 Å². The van der Waals surface area contributed by atoms with Gasteiger partial charge in [-0.15, -0.1) is 0 Å². The minimum absolute atomic E-state index is 0.00124. The third kappa shape index (κ3) is 10.4. The Balaban J connectivity index is 1.88. The van der Waals surface area contributed by atoms with Crippen molar-refractivity contribution in [3.63, 3.8) is 0 Å². The van der Waals surface area contributed by atoms with Gasteiger partial charge < -0.3 is 26.2 Å². The summed E-state index contributed by atoms with van der Waals surface area (Å²) in [6, 6.07) is -3.60. The molecule has 50 heavy (non-hydrogen) atoms. The summed E-state index contributed by atoms with van der Waals surface area (Å²) in [4.78, 5) is 70.0. The molecule has 286 valence electrons. The average Bonchev–Trinajstić information content (AvgIpc) is 3.74. The van der Waals surface area contributed by atoms with Crippen molar-refractivity contribution in [2.75, 3.05) is 12.3 Å². The van der Waals surface area contributed by atoms with Crippen LogP contribution in [0.5, 0.6) is 0 Å². The molecule has 1 saturated heterocycles. The van der Waals surface area contributed by atoms with Crippen LogP contribution in [0.25, 0.3) is 0 Å². The molecule has 3 rings (SSSR count). The maximum Gasteiger partial charge on any atom is 0.315 e. The summed E-state index contributed by atoms with van der Waals surface area (Å²) in [5.41, 5.74) is -1.73. The Morgan fingerprint density at radius 2 is 1.52 bits per heavy atom. The smallest absolute Gasteiger partial charge is 0.315 e. The van der Waals surface area contributed by atoms with Crippen LogP contribution in [0, 0.1) is 23.2 Å². The number of sulfone groups is 1. The van der Waals surface area contributed by atoms with Gasteiger partial charge in [0.05, 0.1) is 22.1 Å². The van der Waals surface area contributed by atoms with E-state index in [9.17, 15) is 32.4 Å². The minimum Gasteiger partial charge on any atom is -0.347 e. The van der Waals surface area contributed by atoms with Crippen molar-refractivity contribution in [2.24, 2.45) is 23.2 Å². The number of amides is 5. The highest BCUT2D eigenvalue weighted by Crippen LogP contribution is 2.37. The molecule has 5 amide bonds. The van der Waals surface area contributed by atoms with Gasteiger partial charge in [-0.25, -0.2) is 13.2 Å². The van der Waals surface area contributed by atoms with E-state index < -0.39 is 73.2 Å². The van der Waals surface area contributed by atoms with Crippen molar-refractivity contribution in [3.8, 4) is 0 Å². The Morgan fingerprint density at radius 1 is 0.920 bits per heavy atom. The number of carbonyl (C=O) groups is 5. The Bertz CT molecular complexity index is 1360. The van der Waals surface area contributed by atoms with Crippen LogP contribution >= 0.6 is 0 Å². The standard InChI is InChI=1S/C37H65N5O7S/c1-11-12-16-27(29(43)32(45)38-25-17-18-25)39-31(44)28-24(4)26(23(2)3)21-42(28)33(46)30(35(5,6)7)40-34(47)41-37(19-14-13-15-20-37)22-50(48,49)36(8,9)10/h23-28,30H,11-22H2,1-10H3,(H,38,45)(H,39,44)(H2,40,41,47)/t24?,26-,27-,28+,30-/m1/s1. The summed E-state index contributed by atoms with van der Waals surface area (Å²) >= 11 is 0. The topological polar surface area (TPSA) is 171 Å². The van der Waals surface area contributed by atoms with Gasteiger partial charge in [-0.3, -0.25) is 19.2 Å². The average molecular weight is 724 g/mol. The van der Waals surface area contributed by atoms with Gasteiger partial charge in [0.15, 0.2) is 9.84 Å². The monoisotopic (exact) mass is 723 g/mol. The predicted octanol–water partition coefficient (Wildman–Crippen LogP) is 4.26. The summed E-state index contributed by atoms with van der Waals surface area (Å²) in [5.74, 6) is -2.64. The molecule has 5 atom stereocenters. The second kappa shape index (κ2) is 16.3. The third-order valence-corrected chi connectivity index (χ3v) is 13.7. The van der Waals surface area contributed by atoms with Crippen molar-refractivity contribution in [2.45, 2.75) is 168 Å². The number of rotatable bonds is 14. The van der Waals surface area contributed by atoms with E-state index in [0.29, 0.717) is 25.7 Å². The third-order valence-electron chi connectivity index (χ3n) is 10.9. The lowest BCUT2D eigenvalue weighted by Gasteiger charge is -2.41. The van der Waals surface area contributed by atoms with Gasteiger partial charge >= 0.3 is 6.03 Å². The number of hydrogen-bond acceptors (Lipinski definition) is 7. The van der Waals surface area contributed by atoms with Crippen LogP contribution in [0.3, 0.4) is 0 Å². The first kappa shape index (κ1) is 41.7. The zero-order valence-electron chi connectivity index (χ0n) is 32.2. The van der Waals surface area contributed by atoms with Crippen LogP contribution in [-0.4, -0.2) is 89.6 Å². The lowest BCUT2D eigenvalue weighted by atomic mass is 9.83. The maximum absolute atomic E-state index is 14.6. The van der Waals surface area contributed by atoms with Crippen LogP contribution in [-0.2, 0) is 29.0 Å². The molecule has 1 aliphatic heterocycles. The van der Waals surface area contributed by atoms with Gasteiger partial charge in [0.1, 0.15) is 12.1 Å². The van der Waals surface area contributed by atoms with E-state index in [4.69, 9.17) is 0 Å². The number of urea groups is 1. The number of hydrogen-bond donors (Lipinski definition) is 4. The largest absolute Gasteiger partial charge is 0.347 e. The first-order valence-corrected chi connectivity index (χ1v) is 20.5. The number of Topliss-reactive ketones (excluding diaryl/α,β-unsaturated/α-hetero) is 1. The first-order valence-electron chi connectivity index (χ1n) is 18.8. The van der Waals surface area contributed by atoms with Gasteiger partial charge in [-0.05, 0) is 76.0 Å². The van der Waals surface area contributed by atoms with Crippen molar-refractivity contribution >= 4 is 39.4 Å². The number of nitrogens with one attached hydrogen (secondary N) is 4. The summed E-state index contributed by atoms with van der Waals surface area (Å²) in [6.07, 6.45) is 6.92. The molecule has 12 nitrogen and oxygen atoms in total. The first-order chi connectivity index (χ1) is 23.0. The van der Waals surface area contributed by atoms with Crippen molar-refractivity contribution in [1.29, 1.82) is 0 Å². The second-order valence-corrected chi connectivity index (χ2v) is 20.4. The number of ketones is 1. The highest BCUT2D eigenvalue weighted by molar-refractivity contribution is 7.92. The molecule has 0 aromatic heterocycles. The second-order valence-electron chi connectivity index (χ2n) is 17.6. The fraction of sp³-hybridized carbons (Fsp3) is 0.865. The zero-order chi connectivity index (χ0) is 37.8. The van der Waals surface area contributed by atoms with E-state index in [1.54, 1.807) is 20.8 Å². The Labute approximate surface area is 300 Å². The van der Waals surface area contributed by atoms with Crippen LogP contribution in [0.15, 0.2) is 0 Å². The van der Waals surface area contributed by atoms with Crippen molar-refractivity contribution < 1.29 is 32.4 Å². The summed E-state index contributed by atoms with van der Waals surface area (Å²) in [7, 11) is -3.57. The van der Waals surface area contributed by atoms with Crippen LogP contribution in [0.4, 0.5) is 4.79 Å². The summed E-state index contributed by atoms with van der Waals surface area (Å²) < 4.78 is 25.7. The molecular weight excluding hydrogens is 659 g/mol. The normalized spacial score (nSPS) is 23.9. The van der Waals surface area contributed by atoms with E-state index in [1.807, 2.05) is 48.5 Å². The minimum atomic E-state index is -3.57. The maximum atomic E-state index is 14.6. The molecule has 4 N–H and O–H groups in total. The van der Waals surface area contributed by atoms with Crippen molar-refractivity contribution in [3.05, 3.63) is 0 Å². The molecular formula is C37H65N5O7S. The van der Waals surface area contributed by atoms with E-state index >= 15 is 0 Å². The summed E-state index contributed by atoms with van der Waals surface area (Å²) in [6.45, 7) is 18.8. The van der Waals surface area contributed by atoms with Gasteiger partial charge in [0.25, 0.3) is 5.91 Å². The lowest BCUT2D eigenvalue weighted by molar-refractivity contribution is -0.144. The van der Waals surface area contributed by atoms with Crippen LogP contribution in [0.2, 0.25) is 0 Å². The molecule has 0 radical (unpaired) electrons. The fourth-order valence-electron chi connectivity index (χ4n) is 7.36. The Morgan fingerprint density at radius 3 is 2.02 bits per heavy atom. The zero-order valence-corrected chi connectivity index (χ0v) is 33.1. The molecule has 3 aliphatic rings. The van der Waals surface area contributed by atoms with E-state index in [2.05, 4.69) is 21.3 Å². The quantitative estimate of drug-likeness (QED) is 0.194. The lowest BCUT2D eigenvalue weighted by Crippen LogP contribution is -2.63. The summed E-state index contributed by atoms with van der Waals surface area (Å²) in [5, 5.41) is 11.5. The molecule has 0 bridgehead atoms. The predicted molar refractivity (Wildman–Crippen MR) is 195 cm³/mol. The SMILES string of the molecule is CCCC[C@@H](NC(=O)[C@@H]1C(C)[C@@H](C(C)C)CN1C(=O)[C@@H](NC(=O)NC1(CS(=O)(=O)C(C)(C)C)CCCCC1)C(C)(C)C)C(=O)C(=O)NC1CC1. The number of nitrogens with zero attached hydrogens (tertiary/aromatic N) is 1. The molecule has 2 aliphatic carbocycles. The van der Waals surface area contributed by atoms with Gasteiger partial charge in [0.2, 0.25) is 17.6 Å². The number of carbonyl (C=O) groups excluding carboxylic acids is 5. The molecule has 13 heteroatoms. The van der Waals surface area contributed by atoms with Crippen molar-refractivity contribution in [1.82, 2.24) is 26.2 Å². The Hall–Kier alpha value is -2.70. The van der Waals surface area contributed by atoms with Gasteiger partial charge in [-0.1, -0.05) is 80.6 Å². The molecule has 0 aromatic rings. The Kier molecular flexibility index (Phi) is 13.6. The van der Waals surface area contributed by atoms with E-state index in [0.717, 1.165) is 38.5 Å². The molecule has 0 spiro atoms. The fourth-order valence-corrected chi connectivity index (χ4v) is 8.88. The van der Waals surface area contributed by atoms with E-state index in [-0.39, 0.29) is 36.1 Å². The number of unbranched alkanes of at least 4 members (excludes halogenated alkanes) is 1. The highest BCUT2D eigenvalue weighted by atomic mass is 32.2.